The number of carbonyl (C=O) groups is 1. The number of nitrogens with zero attached hydrogens (tertiary/aromatic N) is 1. The van der Waals surface area contributed by atoms with Crippen molar-refractivity contribution in [1.82, 2.24) is 4.90 Å². The number of hydrogen-bond acceptors (Lipinski definition) is 5. The van der Waals surface area contributed by atoms with E-state index in [1.54, 1.807) is 11.0 Å². The van der Waals surface area contributed by atoms with E-state index in [9.17, 15) is 18.7 Å². The number of fused-ring (bicyclic) bond motifs is 1. The number of aliphatic hydroxyl groups is 1. The molecule has 184 valence electrons. The minimum Gasteiger partial charge on any atom is -0.486 e. The molecular formula is C26H32F2N2O4. The molecule has 0 bridgehead atoms. The van der Waals surface area contributed by atoms with Gasteiger partial charge in [-0.05, 0) is 52.0 Å². The number of nitrogens with two attached hydrogens (primary N) is 1. The maximum absolute atomic E-state index is 14.5. The Labute approximate surface area is 198 Å². The molecule has 2 aliphatic rings. The highest BCUT2D eigenvalue weighted by Crippen LogP contribution is 2.47. The number of ether oxygens (including phenoxy) is 2. The topological polar surface area (TPSA) is 85.0 Å². The highest BCUT2D eigenvalue weighted by Gasteiger charge is 2.50. The Morgan fingerprint density at radius 3 is 2.44 bits per heavy atom. The summed E-state index contributed by atoms with van der Waals surface area (Å²) in [6.45, 7) is 7.51. The quantitative estimate of drug-likeness (QED) is 0.650. The molecule has 0 radical (unpaired) electrons. The van der Waals surface area contributed by atoms with Crippen LogP contribution in [0.2, 0.25) is 0 Å². The zero-order chi connectivity index (χ0) is 24.9. The summed E-state index contributed by atoms with van der Waals surface area (Å²) in [6, 6.07) is 8.40. The second-order valence-electron chi connectivity index (χ2n) is 10.2. The van der Waals surface area contributed by atoms with Crippen LogP contribution in [0.15, 0.2) is 36.4 Å². The molecule has 4 rings (SSSR count). The summed E-state index contributed by atoms with van der Waals surface area (Å²) in [7, 11) is 0. The second-order valence-corrected chi connectivity index (χ2v) is 10.2. The summed E-state index contributed by atoms with van der Waals surface area (Å²) in [4.78, 5) is 14.7. The molecule has 0 saturated carbocycles. The first-order chi connectivity index (χ1) is 15.8. The Morgan fingerprint density at radius 2 is 1.85 bits per heavy atom. The molecule has 2 aromatic rings. The normalized spacial score (nSPS) is 22.0. The molecule has 1 atom stereocenters. The third kappa shape index (κ3) is 4.67. The zero-order valence-corrected chi connectivity index (χ0v) is 20.0. The van der Waals surface area contributed by atoms with Crippen molar-refractivity contribution in [1.29, 1.82) is 0 Å². The van der Waals surface area contributed by atoms with Crippen LogP contribution in [-0.2, 0) is 16.1 Å². The average Bonchev–Trinajstić information content (AvgIpc) is 2.71. The van der Waals surface area contributed by atoms with Crippen LogP contribution in [-0.4, -0.2) is 40.7 Å². The minimum absolute atomic E-state index is 0.132. The first-order valence-electron chi connectivity index (χ1n) is 11.6. The molecule has 1 spiro atoms. The number of carbonyl (C=O) groups excluding carboxylic acids is 1. The number of amides is 1. The standard InChI is InChI=1S/C26H32F2N2O4/c1-16(2)33-26(29)15-25(34-22-14-18(27)6-8-20(22)26)9-11-30(12-10-25)23(31)17-5-7-19(21(28)13-17)24(3,4)32/h5-8,13-14,16,32H,9-12,15,29H2,1-4H3/t26-/m0/s1. The molecule has 34 heavy (non-hydrogen) atoms. The van der Waals surface area contributed by atoms with Crippen molar-refractivity contribution in [3.8, 4) is 5.75 Å². The lowest BCUT2D eigenvalue weighted by Gasteiger charge is -2.50. The van der Waals surface area contributed by atoms with E-state index in [1.165, 1.54) is 38.1 Å². The van der Waals surface area contributed by atoms with Crippen LogP contribution in [0.4, 0.5) is 8.78 Å². The molecule has 1 amide bonds. The van der Waals surface area contributed by atoms with E-state index < -0.39 is 28.6 Å². The zero-order valence-electron chi connectivity index (χ0n) is 20.0. The molecule has 2 heterocycles. The van der Waals surface area contributed by atoms with Gasteiger partial charge in [-0.25, -0.2) is 8.78 Å². The summed E-state index contributed by atoms with van der Waals surface area (Å²) in [5.41, 5.74) is 4.47. The molecule has 2 aliphatic heterocycles. The van der Waals surface area contributed by atoms with Gasteiger partial charge in [0, 0.05) is 55.1 Å². The van der Waals surface area contributed by atoms with Gasteiger partial charge in [-0.1, -0.05) is 6.07 Å². The van der Waals surface area contributed by atoms with Crippen LogP contribution in [0.5, 0.6) is 5.75 Å². The monoisotopic (exact) mass is 474 g/mol. The van der Waals surface area contributed by atoms with E-state index in [0.717, 1.165) is 6.07 Å². The number of hydrogen-bond donors (Lipinski definition) is 2. The van der Waals surface area contributed by atoms with E-state index in [0.29, 0.717) is 43.7 Å². The van der Waals surface area contributed by atoms with Crippen molar-refractivity contribution in [3.63, 3.8) is 0 Å². The summed E-state index contributed by atoms with van der Waals surface area (Å²) in [5, 5.41) is 10.1. The number of rotatable bonds is 4. The molecule has 1 saturated heterocycles. The maximum Gasteiger partial charge on any atom is 0.253 e. The predicted molar refractivity (Wildman–Crippen MR) is 123 cm³/mol. The van der Waals surface area contributed by atoms with Gasteiger partial charge in [0.2, 0.25) is 0 Å². The molecule has 1 fully saturated rings. The highest BCUT2D eigenvalue weighted by atomic mass is 19.1. The van der Waals surface area contributed by atoms with Gasteiger partial charge >= 0.3 is 0 Å². The lowest BCUT2D eigenvalue weighted by molar-refractivity contribution is -0.150. The van der Waals surface area contributed by atoms with Gasteiger partial charge in [-0.15, -0.1) is 0 Å². The Kier molecular flexibility index (Phi) is 6.21. The van der Waals surface area contributed by atoms with Gasteiger partial charge in [-0.2, -0.15) is 0 Å². The van der Waals surface area contributed by atoms with Crippen LogP contribution >= 0.6 is 0 Å². The van der Waals surface area contributed by atoms with Crippen molar-refractivity contribution >= 4 is 5.91 Å². The van der Waals surface area contributed by atoms with E-state index in [2.05, 4.69) is 0 Å². The lowest BCUT2D eigenvalue weighted by Crippen LogP contribution is -2.58. The van der Waals surface area contributed by atoms with Gasteiger partial charge < -0.3 is 19.5 Å². The van der Waals surface area contributed by atoms with Gasteiger partial charge in [0.05, 0.1) is 11.7 Å². The van der Waals surface area contributed by atoms with E-state index in [4.69, 9.17) is 15.2 Å². The fourth-order valence-corrected chi connectivity index (χ4v) is 5.02. The van der Waals surface area contributed by atoms with Crippen molar-refractivity contribution in [2.24, 2.45) is 5.73 Å². The molecule has 0 unspecified atom stereocenters. The Balaban J connectivity index is 1.53. The van der Waals surface area contributed by atoms with Crippen molar-refractivity contribution in [2.45, 2.75) is 70.0 Å². The smallest absolute Gasteiger partial charge is 0.253 e. The predicted octanol–water partition coefficient (Wildman–Crippen LogP) is 4.19. The number of halogens is 2. The van der Waals surface area contributed by atoms with Gasteiger partial charge in [-0.3, -0.25) is 10.5 Å². The van der Waals surface area contributed by atoms with E-state index in [-0.39, 0.29) is 23.1 Å². The van der Waals surface area contributed by atoms with Crippen LogP contribution < -0.4 is 10.5 Å². The molecule has 0 aliphatic carbocycles. The fraction of sp³-hybridized carbons (Fsp3) is 0.500. The van der Waals surface area contributed by atoms with Crippen LogP contribution in [0.25, 0.3) is 0 Å². The summed E-state index contributed by atoms with van der Waals surface area (Å²) < 4.78 is 40.9. The van der Waals surface area contributed by atoms with Crippen molar-refractivity contribution in [3.05, 3.63) is 64.7 Å². The van der Waals surface area contributed by atoms with E-state index in [1.807, 2.05) is 13.8 Å². The fourth-order valence-electron chi connectivity index (χ4n) is 5.02. The van der Waals surface area contributed by atoms with Crippen LogP contribution in [0, 0.1) is 11.6 Å². The summed E-state index contributed by atoms with van der Waals surface area (Å²) in [6.07, 6.45) is 1.16. The second kappa shape index (κ2) is 8.59. The number of benzene rings is 2. The summed E-state index contributed by atoms with van der Waals surface area (Å²) in [5.74, 6) is -0.985. The number of piperidine rings is 1. The van der Waals surface area contributed by atoms with Crippen molar-refractivity contribution in [2.75, 3.05) is 13.1 Å². The van der Waals surface area contributed by atoms with Gasteiger partial charge in [0.25, 0.3) is 5.91 Å². The number of likely N-dealkylation sites (tertiary alicyclic amines) is 1. The molecule has 0 aromatic heterocycles. The van der Waals surface area contributed by atoms with Gasteiger partial charge in [0.15, 0.2) is 5.72 Å². The maximum atomic E-state index is 14.5. The molecular weight excluding hydrogens is 442 g/mol. The first kappa shape index (κ1) is 24.6. The minimum atomic E-state index is -1.34. The molecule has 3 N–H and O–H groups in total. The van der Waals surface area contributed by atoms with Crippen molar-refractivity contribution < 1.29 is 28.2 Å². The Hall–Kier alpha value is -2.55. The molecule has 8 heteroatoms. The summed E-state index contributed by atoms with van der Waals surface area (Å²) >= 11 is 0. The first-order valence-corrected chi connectivity index (χ1v) is 11.6. The third-order valence-corrected chi connectivity index (χ3v) is 6.59. The van der Waals surface area contributed by atoms with Crippen LogP contribution in [0.1, 0.15) is 68.4 Å². The highest BCUT2D eigenvalue weighted by molar-refractivity contribution is 5.94. The third-order valence-electron chi connectivity index (χ3n) is 6.59. The molecule has 2 aromatic carbocycles. The Bertz CT molecular complexity index is 1090. The SMILES string of the molecule is CC(C)O[C@@]1(N)CC2(CCN(C(=O)c3ccc(C(C)(C)O)c(F)c3)CC2)Oc2cc(F)ccc21. The van der Waals surface area contributed by atoms with Gasteiger partial charge in [0.1, 0.15) is 23.0 Å². The largest absolute Gasteiger partial charge is 0.486 e. The molecule has 6 nitrogen and oxygen atoms in total. The Morgan fingerprint density at radius 1 is 1.18 bits per heavy atom. The van der Waals surface area contributed by atoms with Crippen LogP contribution in [0.3, 0.4) is 0 Å². The average molecular weight is 475 g/mol. The lowest BCUT2D eigenvalue weighted by atomic mass is 9.78. The van der Waals surface area contributed by atoms with E-state index >= 15 is 0 Å².